The van der Waals surface area contributed by atoms with Gasteiger partial charge in [-0.25, -0.2) is 0 Å². The van der Waals surface area contributed by atoms with Gasteiger partial charge in [0.05, 0.1) is 12.6 Å². The molecule has 6 heteroatoms. The molecule has 2 unspecified atom stereocenters. The highest BCUT2D eigenvalue weighted by molar-refractivity contribution is 9.10. The summed E-state index contributed by atoms with van der Waals surface area (Å²) < 4.78 is 6.80. The van der Waals surface area contributed by atoms with Gasteiger partial charge in [-0.05, 0) is 37.5 Å². The van der Waals surface area contributed by atoms with Crippen LogP contribution >= 0.6 is 15.9 Å². The highest BCUT2D eigenvalue weighted by atomic mass is 79.9. The minimum Gasteiger partial charge on any atom is -0.493 e. The molecule has 0 saturated carbocycles. The van der Waals surface area contributed by atoms with Crippen molar-refractivity contribution in [3.05, 3.63) is 40.1 Å². The second-order valence-electron chi connectivity index (χ2n) is 8.22. The maximum Gasteiger partial charge on any atom is 0.269 e. The van der Waals surface area contributed by atoms with E-state index in [4.69, 9.17) is 9.57 Å². The topological polar surface area (TPSA) is 59.9 Å². The number of fused-ring (bicyclic) bond motifs is 1. The van der Waals surface area contributed by atoms with Crippen LogP contribution in [0.1, 0.15) is 58.6 Å². The van der Waals surface area contributed by atoms with Gasteiger partial charge in [-0.15, -0.1) is 0 Å². The highest BCUT2D eigenvalue weighted by Crippen LogP contribution is 2.34. The minimum atomic E-state index is -0.174. The number of hydrogen-bond acceptors (Lipinski definition) is 4. The monoisotopic (exact) mass is 434 g/mol. The maximum absolute atomic E-state index is 13.0. The Balaban J connectivity index is 1.78. The van der Waals surface area contributed by atoms with E-state index in [1.165, 1.54) is 0 Å². The first-order valence-electron chi connectivity index (χ1n) is 9.44. The zero-order valence-electron chi connectivity index (χ0n) is 16.3. The molecule has 1 N–H and O–H groups in total. The first-order chi connectivity index (χ1) is 12.8. The van der Waals surface area contributed by atoms with Crippen LogP contribution in [0.2, 0.25) is 0 Å². The molecule has 2 aliphatic rings. The van der Waals surface area contributed by atoms with Gasteiger partial charge in [0.15, 0.2) is 0 Å². The Labute approximate surface area is 169 Å². The number of carbonyl (C=O) groups is 1. The first kappa shape index (κ1) is 19.9. The molecule has 0 spiro atoms. The average molecular weight is 435 g/mol. The molecule has 1 aromatic carbocycles. The first-order valence-corrected chi connectivity index (χ1v) is 10.2. The standard InChI is InChI=1S/C21H27BrN2O3/c1-13-7-10-18(21(2,3)4)27-24-19(13)20(25)23-16-6-5-11-26-17-12-14(22)8-9-15(16)17/h8-10,12-13,16H,5-7,11H2,1-4H3,(H,23,25). The van der Waals surface area contributed by atoms with E-state index in [0.717, 1.165) is 40.8 Å². The molecule has 1 aromatic rings. The van der Waals surface area contributed by atoms with Gasteiger partial charge < -0.3 is 14.9 Å². The summed E-state index contributed by atoms with van der Waals surface area (Å²) in [5.74, 6) is 1.44. The van der Waals surface area contributed by atoms with Crippen LogP contribution in [0.5, 0.6) is 5.75 Å². The normalized spacial score (nSPS) is 22.9. The number of nitrogens with one attached hydrogen (secondary N) is 1. The molecule has 1 amide bonds. The molecule has 27 heavy (non-hydrogen) atoms. The van der Waals surface area contributed by atoms with E-state index in [0.29, 0.717) is 12.3 Å². The molecule has 2 heterocycles. The highest BCUT2D eigenvalue weighted by Gasteiger charge is 2.29. The Kier molecular flexibility index (Phi) is 5.94. The van der Waals surface area contributed by atoms with Crippen molar-refractivity contribution in [2.45, 2.75) is 53.0 Å². The number of rotatable bonds is 2. The third kappa shape index (κ3) is 4.72. The smallest absolute Gasteiger partial charge is 0.269 e. The number of nitrogens with zero attached hydrogens (tertiary/aromatic N) is 1. The van der Waals surface area contributed by atoms with Gasteiger partial charge in [-0.3, -0.25) is 4.79 Å². The van der Waals surface area contributed by atoms with Gasteiger partial charge in [0, 0.05) is 21.4 Å². The minimum absolute atomic E-state index is 0.00346. The van der Waals surface area contributed by atoms with Crippen LogP contribution < -0.4 is 10.1 Å². The zero-order valence-corrected chi connectivity index (χ0v) is 17.9. The largest absolute Gasteiger partial charge is 0.493 e. The Morgan fingerprint density at radius 2 is 2.11 bits per heavy atom. The van der Waals surface area contributed by atoms with Crippen molar-refractivity contribution in [1.29, 1.82) is 0 Å². The third-order valence-electron chi connectivity index (χ3n) is 4.89. The van der Waals surface area contributed by atoms with Crippen molar-refractivity contribution in [3.8, 4) is 5.75 Å². The summed E-state index contributed by atoms with van der Waals surface area (Å²) in [5, 5.41) is 7.36. The molecule has 0 bridgehead atoms. The van der Waals surface area contributed by atoms with Gasteiger partial charge >= 0.3 is 0 Å². The number of carbonyl (C=O) groups excluding carboxylic acids is 1. The summed E-state index contributed by atoms with van der Waals surface area (Å²) >= 11 is 3.48. The van der Waals surface area contributed by atoms with E-state index in [1.54, 1.807) is 0 Å². The third-order valence-corrected chi connectivity index (χ3v) is 5.38. The number of oxime groups is 1. The van der Waals surface area contributed by atoms with Gasteiger partial charge in [-0.2, -0.15) is 0 Å². The molecule has 2 atom stereocenters. The molecular formula is C21H27BrN2O3. The molecular weight excluding hydrogens is 408 g/mol. The van der Waals surface area contributed by atoms with Crippen molar-refractivity contribution in [2.24, 2.45) is 16.5 Å². The molecule has 0 aromatic heterocycles. The fourth-order valence-corrected chi connectivity index (χ4v) is 3.60. The van der Waals surface area contributed by atoms with Crippen molar-refractivity contribution in [1.82, 2.24) is 5.32 Å². The molecule has 0 fully saturated rings. The number of ether oxygens (including phenoxy) is 1. The average Bonchev–Trinajstić information content (AvgIpc) is 2.90. The lowest BCUT2D eigenvalue weighted by Crippen LogP contribution is -2.37. The van der Waals surface area contributed by atoms with Gasteiger partial charge in [-0.1, -0.05) is 54.8 Å². The predicted molar refractivity (Wildman–Crippen MR) is 110 cm³/mol. The summed E-state index contributed by atoms with van der Waals surface area (Å²) in [6, 6.07) is 5.83. The number of hydrogen-bond donors (Lipinski definition) is 1. The quantitative estimate of drug-likeness (QED) is 0.702. The van der Waals surface area contributed by atoms with Crippen LogP contribution in [0.3, 0.4) is 0 Å². The summed E-state index contributed by atoms with van der Waals surface area (Å²) in [6.45, 7) is 8.88. The van der Waals surface area contributed by atoms with E-state index in [2.05, 4.69) is 47.2 Å². The number of allylic oxidation sites excluding steroid dienone is 2. The van der Waals surface area contributed by atoms with E-state index < -0.39 is 0 Å². The fourth-order valence-electron chi connectivity index (χ4n) is 3.26. The molecule has 0 aliphatic carbocycles. The number of benzene rings is 1. The SMILES string of the molecule is CC1CC=C(C(C)(C)C)ON=C1C(=O)NC1CCCOc2cc(Br)ccc21. The summed E-state index contributed by atoms with van der Waals surface area (Å²) in [6.07, 6.45) is 4.48. The van der Waals surface area contributed by atoms with Gasteiger partial charge in [0.25, 0.3) is 5.91 Å². The molecule has 0 radical (unpaired) electrons. The second kappa shape index (κ2) is 8.05. The maximum atomic E-state index is 13.0. The number of amides is 1. The molecule has 146 valence electrons. The van der Waals surface area contributed by atoms with E-state index in [1.807, 2.05) is 31.2 Å². The fraction of sp³-hybridized carbons (Fsp3) is 0.524. The van der Waals surface area contributed by atoms with Crippen molar-refractivity contribution in [2.75, 3.05) is 6.61 Å². The van der Waals surface area contributed by atoms with Gasteiger partial charge in [0.2, 0.25) is 0 Å². The summed E-state index contributed by atoms with van der Waals surface area (Å²) in [7, 11) is 0. The predicted octanol–water partition coefficient (Wildman–Crippen LogP) is 5.12. The van der Waals surface area contributed by atoms with Crippen LogP contribution in [0.15, 0.2) is 39.7 Å². The zero-order chi connectivity index (χ0) is 19.6. The summed E-state index contributed by atoms with van der Waals surface area (Å²) in [5.41, 5.74) is 1.30. The molecule has 2 aliphatic heterocycles. The lowest BCUT2D eigenvalue weighted by atomic mass is 9.91. The summed E-state index contributed by atoms with van der Waals surface area (Å²) in [4.78, 5) is 18.6. The van der Waals surface area contributed by atoms with Crippen LogP contribution in [0.25, 0.3) is 0 Å². The van der Waals surface area contributed by atoms with Crippen LogP contribution in [0.4, 0.5) is 0 Å². The van der Waals surface area contributed by atoms with Crippen LogP contribution in [-0.4, -0.2) is 18.2 Å². The van der Waals surface area contributed by atoms with Crippen molar-refractivity contribution < 1.29 is 14.4 Å². The molecule has 5 nitrogen and oxygen atoms in total. The second-order valence-corrected chi connectivity index (χ2v) is 9.14. The molecule has 3 rings (SSSR count). The van der Waals surface area contributed by atoms with Crippen molar-refractivity contribution in [3.63, 3.8) is 0 Å². The Bertz CT molecular complexity index is 780. The lowest BCUT2D eigenvalue weighted by Gasteiger charge is -2.20. The van der Waals surface area contributed by atoms with E-state index in [9.17, 15) is 4.79 Å². The molecule has 0 saturated heterocycles. The van der Waals surface area contributed by atoms with Crippen LogP contribution in [-0.2, 0) is 9.63 Å². The lowest BCUT2D eigenvalue weighted by molar-refractivity contribution is -0.116. The Morgan fingerprint density at radius 3 is 2.85 bits per heavy atom. The van der Waals surface area contributed by atoms with E-state index >= 15 is 0 Å². The number of halogens is 1. The van der Waals surface area contributed by atoms with Crippen LogP contribution in [0, 0.1) is 11.3 Å². The Morgan fingerprint density at radius 1 is 1.33 bits per heavy atom. The van der Waals surface area contributed by atoms with E-state index in [-0.39, 0.29) is 23.3 Å². The Hall–Kier alpha value is -1.82. The van der Waals surface area contributed by atoms with Gasteiger partial charge in [0.1, 0.15) is 17.2 Å². The van der Waals surface area contributed by atoms with Crippen molar-refractivity contribution >= 4 is 27.5 Å².